The van der Waals surface area contributed by atoms with Crippen molar-refractivity contribution in [1.29, 1.82) is 0 Å². The van der Waals surface area contributed by atoms with E-state index in [0.29, 0.717) is 6.54 Å². The number of rotatable bonds is 5. The van der Waals surface area contributed by atoms with Crippen LogP contribution in [0.5, 0.6) is 0 Å². The molecule has 6 heteroatoms. The second-order valence-corrected chi connectivity index (χ2v) is 6.80. The van der Waals surface area contributed by atoms with Gasteiger partial charge in [-0.3, -0.25) is 0 Å². The highest BCUT2D eigenvalue weighted by Crippen LogP contribution is 2.18. The lowest BCUT2D eigenvalue weighted by Crippen LogP contribution is -2.12. The van der Waals surface area contributed by atoms with Crippen molar-refractivity contribution in [3.05, 3.63) is 46.9 Å². The van der Waals surface area contributed by atoms with Crippen molar-refractivity contribution in [1.82, 2.24) is 9.55 Å². The van der Waals surface area contributed by atoms with Gasteiger partial charge in [-0.1, -0.05) is 25.1 Å². The summed E-state index contributed by atoms with van der Waals surface area (Å²) in [7, 11) is -3.77. The van der Waals surface area contributed by atoms with Gasteiger partial charge in [0.05, 0.1) is 0 Å². The van der Waals surface area contributed by atoms with Crippen molar-refractivity contribution in [3.8, 4) is 0 Å². The van der Waals surface area contributed by atoms with Gasteiger partial charge in [-0.2, -0.15) is 0 Å². The number of hydrogen-bond donors (Lipinski definition) is 1. The summed E-state index contributed by atoms with van der Waals surface area (Å²) in [5, 5.41) is 5.13. The van der Waals surface area contributed by atoms with Crippen LogP contribution in [0.1, 0.15) is 35.9 Å². The highest BCUT2D eigenvalue weighted by molar-refractivity contribution is 7.89. The minimum Gasteiger partial charge on any atom is -0.329 e. The molecule has 0 spiro atoms. The van der Waals surface area contributed by atoms with Crippen molar-refractivity contribution in [3.63, 3.8) is 0 Å². The summed E-state index contributed by atoms with van der Waals surface area (Å²) in [6, 6.07) is 6.13. The number of sulfonamides is 1. The number of hydrogen-bond acceptors (Lipinski definition) is 3. The summed E-state index contributed by atoms with van der Waals surface area (Å²) >= 11 is 0. The van der Waals surface area contributed by atoms with Gasteiger partial charge in [0.15, 0.2) is 5.03 Å². The van der Waals surface area contributed by atoms with E-state index in [-0.39, 0.29) is 5.03 Å². The number of aryl methyl sites for hydroxylation is 3. The fourth-order valence-electron chi connectivity index (χ4n) is 2.39. The molecule has 2 aromatic rings. The molecular formula is C15H21N3O2S. The van der Waals surface area contributed by atoms with Crippen LogP contribution in [0.2, 0.25) is 0 Å². The van der Waals surface area contributed by atoms with Crippen molar-refractivity contribution in [2.24, 2.45) is 5.14 Å². The third-order valence-electron chi connectivity index (χ3n) is 3.58. The number of aromatic nitrogens is 2. The molecule has 114 valence electrons. The molecule has 0 aliphatic heterocycles. The van der Waals surface area contributed by atoms with Gasteiger partial charge in [0.1, 0.15) is 5.82 Å². The Bertz CT molecular complexity index is 728. The molecule has 0 radical (unpaired) electrons. The molecular weight excluding hydrogens is 286 g/mol. The van der Waals surface area contributed by atoms with Crippen LogP contribution in [-0.2, 0) is 23.0 Å². The molecule has 21 heavy (non-hydrogen) atoms. The summed E-state index contributed by atoms with van der Waals surface area (Å²) in [6.45, 7) is 6.75. The summed E-state index contributed by atoms with van der Waals surface area (Å²) < 4.78 is 24.9. The molecule has 0 saturated heterocycles. The Balaban J connectivity index is 2.46. The van der Waals surface area contributed by atoms with Gasteiger partial charge in [0.25, 0.3) is 10.0 Å². The SMILES string of the molecule is CCCc1nc(S(N)(=O)=O)cn1Cc1c(C)cccc1C. The normalized spacial score (nSPS) is 11.8. The molecule has 0 fully saturated rings. The quantitative estimate of drug-likeness (QED) is 0.919. The van der Waals surface area contributed by atoms with Crippen LogP contribution in [0.4, 0.5) is 0 Å². The van der Waals surface area contributed by atoms with Gasteiger partial charge in [0.2, 0.25) is 0 Å². The zero-order valence-electron chi connectivity index (χ0n) is 12.6. The molecule has 0 amide bonds. The molecule has 1 aromatic carbocycles. The number of imidazole rings is 1. The highest BCUT2D eigenvalue weighted by atomic mass is 32.2. The Hall–Kier alpha value is -1.66. The molecule has 0 atom stereocenters. The lowest BCUT2D eigenvalue weighted by Gasteiger charge is -2.12. The molecule has 0 aliphatic rings. The number of nitrogens with zero attached hydrogens (tertiary/aromatic N) is 2. The molecule has 2 rings (SSSR count). The van der Waals surface area contributed by atoms with E-state index in [1.54, 1.807) is 0 Å². The highest BCUT2D eigenvalue weighted by Gasteiger charge is 2.16. The van der Waals surface area contributed by atoms with Crippen LogP contribution >= 0.6 is 0 Å². The first-order valence-electron chi connectivity index (χ1n) is 6.97. The standard InChI is InChI=1S/C15H21N3O2S/c1-4-6-14-17-15(21(16,19)20)10-18(14)9-13-11(2)7-5-8-12(13)3/h5,7-8,10H,4,6,9H2,1-3H3,(H2,16,19,20). The topological polar surface area (TPSA) is 78.0 Å². The van der Waals surface area contributed by atoms with Crippen LogP contribution in [0, 0.1) is 13.8 Å². The van der Waals surface area contributed by atoms with Crippen molar-refractivity contribution in [2.45, 2.75) is 45.2 Å². The minimum absolute atomic E-state index is 0.0582. The van der Waals surface area contributed by atoms with Crippen molar-refractivity contribution in [2.75, 3.05) is 0 Å². The zero-order chi connectivity index (χ0) is 15.6. The Morgan fingerprint density at radius 3 is 2.38 bits per heavy atom. The average molecular weight is 307 g/mol. The maximum absolute atomic E-state index is 11.5. The smallest absolute Gasteiger partial charge is 0.257 e. The van der Waals surface area contributed by atoms with E-state index in [0.717, 1.165) is 18.7 Å². The molecule has 0 saturated carbocycles. The Labute approximate surface area is 125 Å². The second-order valence-electron chi connectivity index (χ2n) is 5.29. The van der Waals surface area contributed by atoms with Crippen molar-refractivity contribution >= 4 is 10.0 Å². The third kappa shape index (κ3) is 3.51. The molecule has 0 aliphatic carbocycles. The molecule has 0 unspecified atom stereocenters. The van der Waals surface area contributed by atoms with Crippen molar-refractivity contribution < 1.29 is 8.42 Å². The average Bonchev–Trinajstić information content (AvgIpc) is 2.78. The fraction of sp³-hybridized carbons (Fsp3) is 0.400. The monoisotopic (exact) mass is 307 g/mol. The predicted octanol–water partition coefficient (Wildman–Crippen LogP) is 2.15. The van der Waals surface area contributed by atoms with Gasteiger partial charge in [-0.15, -0.1) is 0 Å². The van der Waals surface area contributed by atoms with E-state index >= 15 is 0 Å². The Kier molecular flexibility index (Phi) is 4.49. The first-order chi connectivity index (χ1) is 9.82. The number of benzene rings is 1. The summed E-state index contributed by atoms with van der Waals surface area (Å²) in [4.78, 5) is 4.18. The van der Waals surface area contributed by atoms with Gasteiger partial charge >= 0.3 is 0 Å². The molecule has 5 nitrogen and oxygen atoms in total. The predicted molar refractivity (Wildman–Crippen MR) is 82.6 cm³/mol. The summed E-state index contributed by atoms with van der Waals surface area (Å²) in [5.41, 5.74) is 3.56. The van der Waals surface area contributed by atoms with Gasteiger partial charge in [-0.05, 0) is 37.0 Å². The first kappa shape index (κ1) is 15.7. The zero-order valence-corrected chi connectivity index (χ0v) is 13.4. The van der Waals surface area contributed by atoms with E-state index in [9.17, 15) is 8.42 Å². The number of primary sulfonamides is 1. The second kappa shape index (κ2) is 5.99. The molecule has 1 aromatic heterocycles. The maximum atomic E-state index is 11.5. The third-order valence-corrected chi connectivity index (χ3v) is 4.35. The lowest BCUT2D eigenvalue weighted by atomic mass is 10.0. The largest absolute Gasteiger partial charge is 0.329 e. The van der Waals surface area contributed by atoms with E-state index in [4.69, 9.17) is 5.14 Å². The van der Waals surface area contributed by atoms with Gasteiger partial charge in [0, 0.05) is 19.2 Å². The van der Waals surface area contributed by atoms with Crippen LogP contribution in [-0.4, -0.2) is 18.0 Å². The molecule has 0 bridgehead atoms. The lowest BCUT2D eigenvalue weighted by molar-refractivity contribution is 0.594. The maximum Gasteiger partial charge on any atom is 0.257 e. The van der Waals surface area contributed by atoms with Crippen LogP contribution in [0.3, 0.4) is 0 Å². The fourth-order valence-corrected chi connectivity index (χ4v) is 2.90. The minimum atomic E-state index is -3.77. The first-order valence-corrected chi connectivity index (χ1v) is 8.51. The van der Waals surface area contributed by atoms with E-state index in [1.807, 2.05) is 17.6 Å². The Morgan fingerprint density at radius 1 is 1.24 bits per heavy atom. The van der Waals surface area contributed by atoms with Crippen LogP contribution in [0.15, 0.2) is 29.4 Å². The van der Waals surface area contributed by atoms with Crippen LogP contribution < -0.4 is 5.14 Å². The molecule has 1 heterocycles. The summed E-state index contributed by atoms with van der Waals surface area (Å²) in [6.07, 6.45) is 3.15. The van der Waals surface area contributed by atoms with Gasteiger partial charge < -0.3 is 4.57 Å². The van der Waals surface area contributed by atoms with E-state index < -0.39 is 10.0 Å². The van der Waals surface area contributed by atoms with Crippen LogP contribution in [0.25, 0.3) is 0 Å². The van der Waals surface area contributed by atoms with Gasteiger partial charge in [-0.25, -0.2) is 18.5 Å². The van der Waals surface area contributed by atoms with E-state index in [1.165, 1.54) is 22.9 Å². The Morgan fingerprint density at radius 2 is 1.86 bits per heavy atom. The van der Waals surface area contributed by atoms with E-state index in [2.05, 4.69) is 31.0 Å². The number of nitrogens with two attached hydrogens (primary N) is 1. The summed E-state index contributed by atoms with van der Waals surface area (Å²) in [5.74, 6) is 0.754. The molecule has 2 N–H and O–H groups in total.